The minimum Gasteiger partial charge on any atom is -0.307 e. The van der Waals surface area contributed by atoms with Crippen LogP contribution >= 0.6 is 0 Å². The molecule has 0 saturated carbocycles. The van der Waals surface area contributed by atoms with Crippen LogP contribution < -0.4 is 10.7 Å². The molecule has 0 unspecified atom stereocenters. The average molecular weight is 217 g/mol. The van der Waals surface area contributed by atoms with Crippen molar-refractivity contribution < 1.29 is 4.79 Å². The molecule has 3 heterocycles. The second-order valence-electron chi connectivity index (χ2n) is 3.83. The standard InChI is InChI=1S/C10H11N5O/c1-6-2-3-7-8(13-6)9(16)15(11)10-12-4-5-14(7)10/h2-3H,4-5,11H2,1H3. The summed E-state index contributed by atoms with van der Waals surface area (Å²) in [5.74, 6) is 5.92. The molecule has 2 N–H and O–H groups in total. The summed E-state index contributed by atoms with van der Waals surface area (Å²) in [6.07, 6.45) is 0. The zero-order valence-corrected chi connectivity index (χ0v) is 8.84. The third-order valence-electron chi connectivity index (χ3n) is 2.76. The third-order valence-corrected chi connectivity index (χ3v) is 2.76. The molecule has 2 aliphatic rings. The molecule has 2 aliphatic heterocycles. The van der Waals surface area contributed by atoms with Gasteiger partial charge in [0, 0.05) is 12.2 Å². The molecule has 6 nitrogen and oxygen atoms in total. The molecular weight excluding hydrogens is 206 g/mol. The van der Waals surface area contributed by atoms with Gasteiger partial charge in [-0.05, 0) is 19.1 Å². The number of hydrogen-bond donors (Lipinski definition) is 1. The number of pyridine rings is 1. The van der Waals surface area contributed by atoms with Crippen molar-refractivity contribution >= 4 is 17.6 Å². The first kappa shape index (κ1) is 9.29. The van der Waals surface area contributed by atoms with Crippen LogP contribution in [0.2, 0.25) is 0 Å². The van der Waals surface area contributed by atoms with Gasteiger partial charge in [-0.3, -0.25) is 4.79 Å². The lowest BCUT2D eigenvalue weighted by molar-refractivity contribution is 0.0835. The molecule has 0 radical (unpaired) electrons. The number of aryl methyl sites for hydroxylation is 1. The van der Waals surface area contributed by atoms with Crippen LogP contribution in [0.25, 0.3) is 0 Å². The van der Waals surface area contributed by atoms with E-state index in [0.29, 0.717) is 18.2 Å². The van der Waals surface area contributed by atoms with Crippen molar-refractivity contribution in [1.82, 2.24) is 9.99 Å². The normalized spacial score (nSPS) is 18.4. The van der Waals surface area contributed by atoms with E-state index in [0.717, 1.165) is 22.9 Å². The number of nitrogens with zero attached hydrogens (tertiary/aromatic N) is 4. The van der Waals surface area contributed by atoms with Gasteiger partial charge in [0.05, 0.1) is 12.2 Å². The quantitative estimate of drug-likeness (QED) is 0.486. The first-order valence-corrected chi connectivity index (χ1v) is 5.07. The SMILES string of the molecule is Cc1ccc2c(n1)C(=O)N(N)C1=NCCN12. The molecule has 6 heteroatoms. The molecule has 0 atom stereocenters. The van der Waals surface area contributed by atoms with Gasteiger partial charge in [-0.2, -0.15) is 0 Å². The molecule has 1 amide bonds. The highest BCUT2D eigenvalue weighted by atomic mass is 16.2. The van der Waals surface area contributed by atoms with Gasteiger partial charge in [-0.25, -0.2) is 20.8 Å². The predicted octanol–water partition coefficient (Wildman–Crippen LogP) is -0.104. The number of carbonyl (C=O) groups excluding carboxylic acids is 1. The smallest absolute Gasteiger partial charge is 0.295 e. The van der Waals surface area contributed by atoms with E-state index in [9.17, 15) is 4.79 Å². The van der Waals surface area contributed by atoms with E-state index < -0.39 is 0 Å². The molecule has 0 spiro atoms. The van der Waals surface area contributed by atoms with Crippen LogP contribution in [-0.4, -0.2) is 34.9 Å². The summed E-state index contributed by atoms with van der Waals surface area (Å²) in [5.41, 5.74) is 2.01. The molecule has 1 aromatic rings. The molecule has 82 valence electrons. The van der Waals surface area contributed by atoms with Gasteiger partial charge in [-0.1, -0.05) is 0 Å². The van der Waals surface area contributed by atoms with Crippen LogP contribution in [-0.2, 0) is 0 Å². The minimum absolute atomic E-state index is 0.296. The number of amides is 1. The number of hydrogen-bond acceptors (Lipinski definition) is 5. The van der Waals surface area contributed by atoms with Gasteiger partial charge in [0.15, 0.2) is 5.69 Å². The topological polar surface area (TPSA) is 74.8 Å². The molecule has 1 aromatic heterocycles. The van der Waals surface area contributed by atoms with E-state index in [1.807, 2.05) is 24.0 Å². The van der Waals surface area contributed by atoms with E-state index in [4.69, 9.17) is 5.84 Å². The molecule has 16 heavy (non-hydrogen) atoms. The van der Waals surface area contributed by atoms with Gasteiger partial charge >= 0.3 is 0 Å². The molecular formula is C10H11N5O. The summed E-state index contributed by atoms with van der Waals surface area (Å²) < 4.78 is 0. The van der Waals surface area contributed by atoms with Crippen molar-refractivity contribution in [2.45, 2.75) is 6.92 Å². The van der Waals surface area contributed by atoms with Gasteiger partial charge < -0.3 is 4.90 Å². The Balaban J connectivity index is 2.22. The number of carbonyl (C=O) groups is 1. The highest BCUT2D eigenvalue weighted by molar-refractivity contribution is 6.17. The second kappa shape index (κ2) is 3.02. The maximum absolute atomic E-state index is 11.9. The van der Waals surface area contributed by atoms with E-state index in [1.165, 1.54) is 0 Å². The van der Waals surface area contributed by atoms with E-state index in [-0.39, 0.29) is 5.91 Å². The average Bonchev–Trinajstić information content (AvgIpc) is 2.75. The largest absolute Gasteiger partial charge is 0.307 e. The summed E-state index contributed by atoms with van der Waals surface area (Å²) in [4.78, 5) is 22.3. The Hall–Kier alpha value is -1.95. The maximum Gasteiger partial charge on any atom is 0.295 e. The van der Waals surface area contributed by atoms with Crippen molar-refractivity contribution in [3.63, 3.8) is 0 Å². The van der Waals surface area contributed by atoms with Crippen molar-refractivity contribution in [3.8, 4) is 0 Å². The van der Waals surface area contributed by atoms with Crippen molar-refractivity contribution in [3.05, 3.63) is 23.5 Å². The van der Waals surface area contributed by atoms with Gasteiger partial charge in [-0.15, -0.1) is 0 Å². The zero-order chi connectivity index (χ0) is 11.3. The number of hydrazine groups is 1. The Kier molecular flexibility index (Phi) is 1.75. The predicted molar refractivity (Wildman–Crippen MR) is 59.0 cm³/mol. The van der Waals surface area contributed by atoms with Crippen LogP contribution in [0.3, 0.4) is 0 Å². The third kappa shape index (κ3) is 1.07. The number of fused-ring (bicyclic) bond motifs is 3. The number of rotatable bonds is 0. The zero-order valence-electron chi connectivity index (χ0n) is 8.84. The van der Waals surface area contributed by atoms with Crippen molar-refractivity contribution in [2.24, 2.45) is 10.8 Å². The Bertz CT molecular complexity index is 510. The Morgan fingerprint density at radius 3 is 3.06 bits per heavy atom. The minimum atomic E-state index is -0.296. The van der Waals surface area contributed by atoms with Crippen molar-refractivity contribution in [2.75, 3.05) is 18.0 Å². The summed E-state index contributed by atoms with van der Waals surface area (Å²) in [6, 6.07) is 3.78. The van der Waals surface area contributed by atoms with E-state index in [1.54, 1.807) is 0 Å². The summed E-state index contributed by atoms with van der Waals surface area (Å²) in [7, 11) is 0. The fourth-order valence-electron chi connectivity index (χ4n) is 2.00. The summed E-state index contributed by atoms with van der Waals surface area (Å²) in [5, 5.41) is 1.07. The van der Waals surface area contributed by atoms with Gasteiger partial charge in [0.25, 0.3) is 5.91 Å². The summed E-state index contributed by atoms with van der Waals surface area (Å²) >= 11 is 0. The highest BCUT2D eigenvalue weighted by Gasteiger charge is 2.36. The molecule has 0 aliphatic carbocycles. The fourth-order valence-corrected chi connectivity index (χ4v) is 2.00. The number of aliphatic imine (C=N–C) groups is 1. The van der Waals surface area contributed by atoms with Crippen LogP contribution in [0.15, 0.2) is 17.1 Å². The second-order valence-corrected chi connectivity index (χ2v) is 3.83. The first-order valence-electron chi connectivity index (χ1n) is 5.07. The van der Waals surface area contributed by atoms with Crippen LogP contribution in [0.5, 0.6) is 0 Å². The first-order chi connectivity index (χ1) is 7.68. The van der Waals surface area contributed by atoms with Gasteiger partial charge in [0.1, 0.15) is 0 Å². The maximum atomic E-state index is 11.9. The molecule has 0 bridgehead atoms. The Morgan fingerprint density at radius 1 is 1.44 bits per heavy atom. The van der Waals surface area contributed by atoms with Crippen LogP contribution in [0.4, 0.5) is 5.69 Å². The fraction of sp³-hybridized carbons (Fsp3) is 0.300. The summed E-state index contributed by atoms with van der Waals surface area (Å²) in [6.45, 7) is 3.25. The lowest BCUT2D eigenvalue weighted by atomic mass is 10.2. The number of anilines is 1. The Morgan fingerprint density at radius 2 is 2.25 bits per heavy atom. The molecule has 0 fully saturated rings. The van der Waals surface area contributed by atoms with E-state index in [2.05, 4.69) is 9.98 Å². The van der Waals surface area contributed by atoms with Gasteiger partial charge in [0.2, 0.25) is 5.96 Å². The number of nitrogens with two attached hydrogens (primary N) is 1. The number of guanidine groups is 1. The monoisotopic (exact) mass is 217 g/mol. The molecule has 0 aromatic carbocycles. The Labute approximate surface area is 92.4 Å². The van der Waals surface area contributed by atoms with E-state index >= 15 is 0 Å². The lowest BCUT2D eigenvalue weighted by Crippen LogP contribution is -2.54. The van der Waals surface area contributed by atoms with Crippen molar-refractivity contribution in [1.29, 1.82) is 0 Å². The lowest BCUT2D eigenvalue weighted by Gasteiger charge is -2.32. The number of aromatic nitrogens is 1. The molecule has 0 saturated heterocycles. The molecule has 3 rings (SSSR count). The van der Waals surface area contributed by atoms with Crippen LogP contribution in [0, 0.1) is 6.92 Å². The van der Waals surface area contributed by atoms with Crippen LogP contribution in [0.1, 0.15) is 16.2 Å². The highest BCUT2D eigenvalue weighted by Crippen LogP contribution is 2.27.